The van der Waals surface area contributed by atoms with Gasteiger partial charge in [-0.25, -0.2) is 0 Å². The van der Waals surface area contributed by atoms with Gasteiger partial charge in [-0.3, -0.25) is 14.4 Å². The number of methoxy groups -OCH3 is 2. The van der Waals surface area contributed by atoms with Crippen LogP contribution in [-0.2, 0) is 9.59 Å². The summed E-state index contributed by atoms with van der Waals surface area (Å²) in [5.74, 6) is 1.33. The minimum atomic E-state index is -0.539. The standard InChI is InChI=1S/C34H31N3O7S/c1-41-26-11-15-29(42-2)23(18-26)19-28(37-33(39)22-6-4-3-5-7-22)34(40)36-24-8-12-27(13-9-24)45-21-32(38)35-25-10-14-30-31(20-25)44-17-16-43-30/h3-15,18-20H,16-17,21H2,1-2H3,(H,35,38)(H,36,40)(H,37,39)/b28-19-. The van der Waals surface area contributed by atoms with Crippen LogP contribution in [-0.4, -0.2) is 50.9 Å². The van der Waals surface area contributed by atoms with E-state index < -0.39 is 11.8 Å². The number of amides is 3. The molecule has 10 nitrogen and oxygen atoms in total. The summed E-state index contributed by atoms with van der Waals surface area (Å²) in [6, 6.07) is 26.1. The molecule has 0 atom stereocenters. The van der Waals surface area contributed by atoms with E-state index in [1.54, 1.807) is 91.0 Å². The number of carbonyl (C=O) groups is 3. The fourth-order valence-corrected chi connectivity index (χ4v) is 5.05. The molecule has 45 heavy (non-hydrogen) atoms. The van der Waals surface area contributed by atoms with Crippen LogP contribution in [0.5, 0.6) is 23.0 Å². The molecular formula is C34H31N3O7S. The Hall–Kier alpha value is -5.42. The van der Waals surface area contributed by atoms with Crippen molar-refractivity contribution in [3.8, 4) is 23.0 Å². The molecule has 0 saturated heterocycles. The van der Waals surface area contributed by atoms with E-state index in [-0.39, 0.29) is 17.4 Å². The normalized spacial score (nSPS) is 12.1. The largest absolute Gasteiger partial charge is 0.497 e. The van der Waals surface area contributed by atoms with E-state index in [0.29, 0.717) is 58.7 Å². The molecule has 0 spiro atoms. The molecule has 0 saturated carbocycles. The SMILES string of the molecule is COc1ccc(OC)c(/C=C(\NC(=O)c2ccccc2)C(=O)Nc2ccc(SCC(=O)Nc3ccc4c(c3)OCCO4)cc2)c1. The number of carbonyl (C=O) groups excluding carboxylic acids is 3. The first-order valence-corrected chi connectivity index (χ1v) is 14.9. The third kappa shape index (κ3) is 8.36. The van der Waals surface area contributed by atoms with Crippen molar-refractivity contribution in [3.05, 3.63) is 108 Å². The van der Waals surface area contributed by atoms with E-state index in [4.69, 9.17) is 18.9 Å². The van der Waals surface area contributed by atoms with Crippen LogP contribution in [0.25, 0.3) is 6.08 Å². The zero-order chi connectivity index (χ0) is 31.6. The second-order valence-electron chi connectivity index (χ2n) is 9.66. The molecule has 4 aromatic carbocycles. The molecular weight excluding hydrogens is 594 g/mol. The van der Waals surface area contributed by atoms with Gasteiger partial charge in [0.15, 0.2) is 11.5 Å². The molecule has 11 heteroatoms. The topological polar surface area (TPSA) is 124 Å². The molecule has 0 fully saturated rings. The van der Waals surface area contributed by atoms with Crippen molar-refractivity contribution >= 4 is 46.9 Å². The second kappa shape index (κ2) is 14.8. The highest BCUT2D eigenvalue weighted by Crippen LogP contribution is 2.33. The number of fused-ring (bicyclic) bond motifs is 1. The van der Waals surface area contributed by atoms with E-state index in [0.717, 1.165) is 4.90 Å². The first-order valence-electron chi connectivity index (χ1n) is 14.0. The first-order chi connectivity index (χ1) is 21.9. The van der Waals surface area contributed by atoms with Crippen LogP contribution in [0.15, 0.2) is 102 Å². The van der Waals surface area contributed by atoms with E-state index >= 15 is 0 Å². The van der Waals surface area contributed by atoms with Crippen molar-refractivity contribution in [2.75, 3.05) is 43.8 Å². The van der Waals surface area contributed by atoms with Crippen molar-refractivity contribution in [1.82, 2.24) is 5.32 Å². The summed E-state index contributed by atoms with van der Waals surface area (Å²) >= 11 is 1.35. The van der Waals surface area contributed by atoms with Gasteiger partial charge in [0.25, 0.3) is 11.8 Å². The Morgan fingerprint density at radius 2 is 1.53 bits per heavy atom. The molecule has 3 N–H and O–H groups in total. The molecule has 0 unspecified atom stereocenters. The highest BCUT2D eigenvalue weighted by Gasteiger charge is 2.17. The summed E-state index contributed by atoms with van der Waals surface area (Å²) in [6.07, 6.45) is 1.53. The number of ether oxygens (including phenoxy) is 4. The third-order valence-electron chi connectivity index (χ3n) is 6.57. The maximum atomic E-state index is 13.5. The number of benzene rings is 4. The number of hydrogen-bond acceptors (Lipinski definition) is 8. The molecule has 0 bridgehead atoms. The molecule has 1 aliphatic heterocycles. The molecule has 0 aliphatic carbocycles. The Morgan fingerprint density at radius 3 is 2.27 bits per heavy atom. The summed E-state index contributed by atoms with van der Waals surface area (Å²) in [7, 11) is 3.05. The molecule has 0 aromatic heterocycles. The van der Waals surface area contributed by atoms with E-state index in [9.17, 15) is 14.4 Å². The summed E-state index contributed by atoms with van der Waals surface area (Å²) in [6.45, 7) is 0.965. The van der Waals surface area contributed by atoms with Crippen LogP contribution in [0.3, 0.4) is 0 Å². The quantitative estimate of drug-likeness (QED) is 0.145. The number of nitrogens with one attached hydrogen (secondary N) is 3. The average Bonchev–Trinajstić information content (AvgIpc) is 3.07. The van der Waals surface area contributed by atoms with Crippen LogP contribution >= 0.6 is 11.8 Å². The molecule has 230 valence electrons. The van der Waals surface area contributed by atoms with Crippen LogP contribution in [0.4, 0.5) is 11.4 Å². The van der Waals surface area contributed by atoms with Crippen LogP contribution in [0.1, 0.15) is 15.9 Å². The number of hydrogen-bond donors (Lipinski definition) is 3. The van der Waals surface area contributed by atoms with Crippen LogP contribution < -0.4 is 34.9 Å². The van der Waals surface area contributed by atoms with Gasteiger partial charge in [-0.05, 0) is 72.8 Å². The summed E-state index contributed by atoms with van der Waals surface area (Å²) in [5, 5.41) is 8.42. The Kier molecular flexibility index (Phi) is 10.2. The predicted molar refractivity (Wildman–Crippen MR) is 173 cm³/mol. The van der Waals surface area contributed by atoms with Gasteiger partial charge >= 0.3 is 0 Å². The molecule has 1 heterocycles. The molecule has 0 radical (unpaired) electrons. The predicted octanol–water partition coefficient (Wildman–Crippen LogP) is 5.62. The molecule has 3 amide bonds. The van der Waals surface area contributed by atoms with Gasteiger partial charge in [0.05, 0.1) is 20.0 Å². The van der Waals surface area contributed by atoms with Gasteiger partial charge in [0.2, 0.25) is 5.91 Å². The summed E-state index contributed by atoms with van der Waals surface area (Å²) in [5.41, 5.74) is 2.06. The molecule has 5 rings (SSSR count). The highest BCUT2D eigenvalue weighted by molar-refractivity contribution is 8.00. The maximum Gasteiger partial charge on any atom is 0.272 e. The Balaban J connectivity index is 1.24. The van der Waals surface area contributed by atoms with Crippen molar-refractivity contribution in [1.29, 1.82) is 0 Å². The summed E-state index contributed by atoms with van der Waals surface area (Å²) < 4.78 is 21.9. The lowest BCUT2D eigenvalue weighted by atomic mass is 10.1. The van der Waals surface area contributed by atoms with E-state index in [1.807, 2.05) is 0 Å². The zero-order valence-corrected chi connectivity index (χ0v) is 25.4. The number of thioether (sulfide) groups is 1. The lowest BCUT2D eigenvalue weighted by Crippen LogP contribution is -2.30. The first kappa shape index (κ1) is 31.0. The van der Waals surface area contributed by atoms with Gasteiger partial charge in [-0.2, -0.15) is 0 Å². The van der Waals surface area contributed by atoms with Crippen LogP contribution in [0, 0.1) is 0 Å². The smallest absolute Gasteiger partial charge is 0.272 e. The monoisotopic (exact) mass is 625 g/mol. The minimum Gasteiger partial charge on any atom is -0.497 e. The lowest BCUT2D eigenvalue weighted by molar-refractivity contribution is -0.114. The van der Waals surface area contributed by atoms with Crippen molar-refractivity contribution < 1.29 is 33.3 Å². The lowest BCUT2D eigenvalue weighted by Gasteiger charge is -2.19. The van der Waals surface area contributed by atoms with Crippen LogP contribution in [0.2, 0.25) is 0 Å². The second-order valence-corrected chi connectivity index (χ2v) is 10.7. The molecule has 4 aromatic rings. The zero-order valence-electron chi connectivity index (χ0n) is 24.6. The Labute approximate surface area is 264 Å². The average molecular weight is 626 g/mol. The minimum absolute atomic E-state index is 0.00432. The van der Waals surface area contributed by atoms with Gasteiger partial charge < -0.3 is 34.9 Å². The van der Waals surface area contributed by atoms with Gasteiger partial charge in [0.1, 0.15) is 30.4 Å². The Morgan fingerprint density at radius 1 is 0.800 bits per heavy atom. The van der Waals surface area contributed by atoms with Gasteiger partial charge in [-0.1, -0.05) is 18.2 Å². The highest BCUT2D eigenvalue weighted by atomic mass is 32.2. The molecule has 1 aliphatic rings. The van der Waals surface area contributed by atoms with Gasteiger partial charge in [-0.15, -0.1) is 11.8 Å². The van der Waals surface area contributed by atoms with Crippen molar-refractivity contribution in [2.24, 2.45) is 0 Å². The maximum absolute atomic E-state index is 13.5. The summed E-state index contributed by atoms with van der Waals surface area (Å²) in [4.78, 5) is 39.8. The fraction of sp³-hybridized carbons (Fsp3) is 0.147. The fourth-order valence-electron chi connectivity index (χ4n) is 4.35. The number of rotatable bonds is 11. The van der Waals surface area contributed by atoms with E-state index in [2.05, 4.69) is 16.0 Å². The Bertz CT molecular complexity index is 1710. The number of anilines is 2. The third-order valence-corrected chi connectivity index (χ3v) is 7.59. The van der Waals surface area contributed by atoms with E-state index in [1.165, 1.54) is 32.1 Å². The van der Waals surface area contributed by atoms with Gasteiger partial charge in [0, 0.05) is 33.5 Å². The van der Waals surface area contributed by atoms with Crippen molar-refractivity contribution in [2.45, 2.75) is 4.90 Å². The van der Waals surface area contributed by atoms with Crippen molar-refractivity contribution in [3.63, 3.8) is 0 Å².